The number of rotatable bonds is 6. The van der Waals surface area contributed by atoms with Gasteiger partial charge >= 0.3 is 0 Å². The Morgan fingerprint density at radius 3 is 2.18 bits per heavy atom. The van der Waals surface area contributed by atoms with Crippen molar-refractivity contribution in [3.8, 4) is 23.3 Å². The molecule has 0 spiro atoms. The third-order valence-electron chi connectivity index (χ3n) is 2.86. The first kappa shape index (κ1) is 15.9. The number of aliphatic hydroxyl groups is 1. The minimum atomic E-state index is -0.936. The summed E-state index contributed by atoms with van der Waals surface area (Å²) in [5.74, 6) is 6.13. The molecule has 2 rings (SSSR count). The van der Waals surface area contributed by atoms with E-state index in [0.29, 0.717) is 11.5 Å². The van der Waals surface area contributed by atoms with E-state index in [4.69, 9.17) is 9.47 Å². The van der Waals surface area contributed by atoms with Crippen LogP contribution in [0.15, 0.2) is 54.6 Å². The first-order valence-corrected chi connectivity index (χ1v) is 6.90. The molecule has 0 aliphatic rings. The second kappa shape index (κ2) is 8.06. The van der Waals surface area contributed by atoms with Crippen LogP contribution in [0.2, 0.25) is 0 Å². The minimum Gasteiger partial charge on any atom is -0.452 e. The first-order chi connectivity index (χ1) is 10.7. The van der Waals surface area contributed by atoms with Crippen LogP contribution in [0.4, 0.5) is 4.39 Å². The number of halogens is 1. The van der Waals surface area contributed by atoms with Crippen molar-refractivity contribution in [2.24, 2.45) is 0 Å². The van der Waals surface area contributed by atoms with Gasteiger partial charge in [0.2, 0.25) is 0 Å². The summed E-state index contributed by atoms with van der Waals surface area (Å²) in [4.78, 5) is 0. The molecule has 1 unspecified atom stereocenters. The molecule has 0 fully saturated rings. The third kappa shape index (κ3) is 4.80. The zero-order chi connectivity index (χ0) is 15.8. The average Bonchev–Trinajstić information content (AvgIpc) is 2.55. The molecule has 0 heterocycles. The highest BCUT2D eigenvalue weighted by atomic mass is 19.1. The average molecular weight is 300 g/mol. The number of ether oxygens (including phenoxy) is 2. The molecule has 2 atom stereocenters. The van der Waals surface area contributed by atoms with Crippen molar-refractivity contribution in [3.05, 3.63) is 60.4 Å². The Kier molecular flexibility index (Phi) is 5.81. The van der Waals surface area contributed by atoms with Gasteiger partial charge in [-0.1, -0.05) is 18.2 Å². The topological polar surface area (TPSA) is 38.7 Å². The van der Waals surface area contributed by atoms with Crippen LogP contribution >= 0.6 is 0 Å². The van der Waals surface area contributed by atoms with E-state index in [1.54, 1.807) is 19.1 Å². The quantitative estimate of drug-likeness (QED) is 0.656. The highest BCUT2D eigenvalue weighted by molar-refractivity contribution is 5.24. The Hall–Kier alpha value is -2.51. The van der Waals surface area contributed by atoms with Gasteiger partial charge in [0.1, 0.15) is 23.4 Å². The van der Waals surface area contributed by atoms with Crippen LogP contribution in [0.25, 0.3) is 0 Å². The SMILES string of the molecule is CC#CC[C@H](O)C(Oc1ccccc1)Oc1ccc(F)cc1. The van der Waals surface area contributed by atoms with Crippen molar-refractivity contribution < 1.29 is 19.0 Å². The molecule has 1 N–H and O–H groups in total. The van der Waals surface area contributed by atoms with E-state index < -0.39 is 12.4 Å². The molecule has 3 nitrogen and oxygen atoms in total. The molecule has 0 radical (unpaired) electrons. The van der Waals surface area contributed by atoms with Crippen LogP contribution in [0.3, 0.4) is 0 Å². The van der Waals surface area contributed by atoms with Gasteiger partial charge in [0.05, 0.1) is 0 Å². The number of hydrogen-bond acceptors (Lipinski definition) is 3. The fourth-order valence-corrected chi connectivity index (χ4v) is 1.76. The van der Waals surface area contributed by atoms with E-state index in [9.17, 15) is 9.50 Å². The number of para-hydroxylation sites is 1. The molecule has 0 saturated heterocycles. The normalized spacial score (nSPS) is 12.7. The molecule has 22 heavy (non-hydrogen) atoms. The van der Waals surface area contributed by atoms with Crippen LogP contribution in [-0.4, -0.2) is 17.5 Å². The van der Waals surface area contributed by atoms with Crippen LogP contribution in [0.5, 0.6) is 11.5 Å². The number of benzene rings is 2. The van der Waals surface area contributed by atoms with E-state index in [-0.39, 0.29) is 12.2 Å². The molecule has 0 amide bonds. The van der Waals surface area contributed by atoms with E-state index in [1.165, 1.54) is 24.3 Å². The fourth-order valence-electron chi connectivity index (χ4n) is 1.76. The lowest BCUT2D eigenvalue weighted by atomic mass is 10.2. The summed E-state index contributed by atoms with van der Waals surface area (Å²) in [5.41, 5.74) is 0. The maximum Gasteiger partial charge on any atom is 0.267 e. The van der Waals surface area contributed by atoms with E-state index in [1.807, 2.05) is 18.2 Å². The third-order valence-corrected chi connectivity index (χ3v) is 2.86. The minimum absolute atomic E-state index is 0.217. The van der Waals surface area contributed by atoms with Gasteiger partial charge in [-0.2, -0.15) is 0 Å². The van der Waals surface area contributed by atoms with Crippen molar-refractivity contribution in [1.82, 2.24) is 0 Å². The van der Waals surface area contributed by atoms with E-state index >= 15 is 0 Å². The van der Waals surface area contributed by atoms with Crippen molar-refractivity contribution in [1.29, 1.82) is 0 Å². The maximum atomic E-state index is 12.9. The van der Waals surface area contributed by atoms with Crippen molar-refractivity contribution >= 4 is 0 Å². The van der Waals surface area contributed by atoms with Gasteiger partial charge in [-0.15, -0.1) is 11.8 Å². The smallest absolute Gasteiger partial charge is 0.267 e. The molecule has 0 bridgehead atoms. The van der Waals surface area contributed by atoms with Crippen LogP contribution in [0.1, 0.15) is 13.3 Å². The van der Waals surface area contributed by atoms with Gasteiger partial charge in [0, 0.05) is 6.42 Å². The maximum absolute atomic E-state index is 12.9. The standard InChI is InChI=1S/C18H17FO3/c1-2-3-9-17(20)18(21-15-7-5-4-6-8-15)22-16-12-10-14(19)11-13-16/h4-8,10-13,17-18,20H,9H2,1H3/t17-,18?/m0/s1. The zero-order valence-corrected chi connectivity index (χ0v) is 12.2. The molecular formula is C18H17FO3. The molecule has 4 heteroatoms. The summed E-state index contributed by atoms with van der Waals surface area (Å²) < 4.78 is 24.2. The molecule has 2 aromatic carbocycles. The first-order valence-electron chi connectivity index (χ1n) is 6.90. The van der Waals surface area contributed by atoms with Gasteiger partial charge in [0.25, 0.3) is 6.29 Å². The molecule has 0 aliphatic carbocycles. The number of aliphatic hydroxyl groups excluding tert-OH is 1. The van der Waals surface area contributed by atoms with Gasteiger partial charge in [-0.25, -0.2) is 4.39 Å². The predicted octanol–water partition coefficient (Wildman–Crippen LogP) is 3.38. The van der Waals surface area contributed by atoms with Gasteiger partial charge in [-0.3, -0.25) is 0 Å². The second-order valence-corrected chi connectivity index (χ2v) is 4.57. The van der Waals surface area contributed by atoms with Crippen LogP contribution < -0.4 is 9.47 Å². The van der Waals surface area contributed by atoms with Gasteiger partial charge in [-0.05, 0) is 43.3 Å². The Labute approximate surface area is 129 Å². The Morgan fingerprint density at radius 1 is 1.00 bits per heavy atom. The Bertz CT molecular complexity index is 629. The highest BCUT2D eigenvalue weighted by Gasteiger charge is 2.22. The number of hydrogen-bond donors (Lipinski definition) is 1. The summed E-state index contributed by atoms with van der Waals surface area (Å²) in [5, 5.41) is 10.2. The lowest BCUT2D eigenvalue weighted by molar-refractivity contribution is -0.0832. The van der Waals surface area contributed by atoms with E-state index in [0.717, 1.165) is 0 Å². The zero-order valence-electron chi connectivity index (χ0n) is 12.2. The molecule has 114 valence electrons. The summed E-state index contributed by atoms with van der Waals surface area (Å²) >= 11 is 0. The monoisotopic (exact) mass is 300 g/mol. The van der Waals surface area contributed by atoms with Crippen LogP contribution in [0, 0.1) is 17.7 Å². The Morgan fingerprint density at radius 2 is 1.59 bits per heavy atom. The largest absolute Gasteiger partial charge is 0.452 e. The second-order valence-electron chi connectivity index (χ2n) is 4.57. The fraction of sp³-hybridized carbons (Fsp3) is 0.222. The van der Waals surface area contributed by atoms with Gasteiger partial charge < -0.3 is 14.6 Å². The molecule has 0 aliphatic heterocycles. The Balaban J connectivity index is 2.12. The molecule has 0 aromatic heterocycles. The van der Waals surface area contributed by atoms with Crippen molar-refractivity contribution in [2.45, 2.75) is 25.7 Å². The van der Waals surface area contributed by atoms with Crippen LogP contribution in [-0.2, 0) is 0 Å². The predicted molar refractivity (Wildman–Crippen MR) is 82.0 cm³/mol. The van der Waals surface area contributed by atoms with Crippen molar-refractivity contribution in [2.75, 3.05) is 0 Å². The summed E-state index contributed by atoms with van der Waals surface area (Å²) in [6.07, 6.45) is -1.65. The molecule has 2 aromatic rings. The molecule has 0 saturated carbocycles. The summed E-state index contributed by atoms with van der Waals surface area (Å²) in [7, 11) is 0. The molecular weight excluding hydrogens is 283 g/mol. The van der Waals surface area contributed by atoms with E-state index in [2.05, 4.69) is 11.8 Å². The summed E-state index contributed by atoms with van der Waals surface area (Å²) in [6, 6.07) is 14.6. The lowest BCUT2D eigenvalue weighted by Gasteiger charge is -2.24. The highest BCUT2D eigenvalue weighted by Crippen LogP contribution is 2.19. The summed E-state index contributed by atoms with van der Waals surface area (Å²) in [6.45, 7) is 1.70. The van der Waals surface area contributed by atoms with Gasteiger partial charge in [0.15, 0.2) is 0 Å². The van der Waals surface area contributed by atoms with Crippen molar-refractivity contribution in [3.63, 3.8) is 0 Å². The lowest BCUT2D eigenvalue weighted by Crippen LogP contribution is -2.37.